The van der Waals surface area contributed by atoms with E-state index < -0.39 is 5.97 Å². The van der Waals surface area contributed by atoms with Crippen molar-refractivity contribution in [1.82, 2.24) is 4.98 Å². The second-order valence-corrected chi connectivity index (χ2v) is 3.85. The smallest absolute Gasteiger partial charge is 0.338 e. The van der Waals surface area contributed by atoms with E-state index in [4.69, 9.17) is 10.8 Å². The number of aromatic carboxylic acids is 1. The van der Waals surface area contributed by atoms with E-state index in [0.29, 0.717) is 17.8 Å². The van der Waals surface area contributed by atoms with Crippen LogP contribution in [0.15, 0.2) is 18.2 Å². The number of nitrogens with two attached hydrogens (primary N) is 1. The fraction of sp³-hybridized carbons (Fsp3) is 0.250. The number of aromatic amines is 1. The molecular weight excluding hydrogens is 204 g/mol. The number of rotatable bonds is 3. The minimum atomic E-state index is -0.895. The van der Waals surface area contributed by atoms with E-state index >= 15 is 0 Å². The molecule has 0 saturated heterocycles. The number of hydrogen-bond acceptors (Lipinski definition) is 2. The van der Waals surface area contributed by atoms with Crippen LogP contribution < -0.4 is 5.73 Å². The molecule has 0 aliphatic heterocycles. The number of H-pyrrole nitrogens is 1. The van der Waals surface area contributed by atoms with Crippen molar-refractivity contribution < 1.29 is 9.90 Å². The van der Waals surface area contributed by atoms with Gasteiger partial charge in [0.1, 0.15) is 0 Å². The van der Waals surface area contributed by atoms with Crippen molar-refractivity contribution in [3.05, 3.63) is 35.0 Å². The van der Waals surface area contributed by atoms with Gasteiger partial charge in [-0.2, -0.15) is 0 Å². The van der Waals surface area contributed by atoms with Gasteiger partial charge in [0.05, 0.1) is 5.56 Å². The van der Waals surface area contributed by atoms with Gasteiger partial charge in [-0.3, -0.25) is 0 Å². The summed E-state index contributed by atoms with van der Waals surface area (Å²) in [5, 5.41) is 9.89. The average molecular weight is 218 g/mol. The molecule has 0 aliphatic rings. The Hall–Kier alpha value is -1.81. The number of carbonyl (C=O) groups is 1. The summed E-state index contributed by atoms with van der Waals surface area (Å²) in [4.78, 5) is 14.2. The molecule has 1 heterocycles. The van der Waals surface area contributed by atoms with E-state index in [1.807, 2.05) is 18.2 Å². The maximum Gasteiger partial charge on any atom is 0.338 e. The van der Waals surface area contributed by atoms with Crippen molar-refractivity contribution in [3.8, 4) is 0 Å². The van der Waals surface area contributed by atoms with Crippen LogP contribution in [0.3, 0.4) is 0 Å². The Bertz CT molecular complexity index is 543. The minimum absolute atomic E-state index is 0.355. The molecule has 2 aromatic rings. The minimum Gasteiger partial charge on any atom is -0.478 e. The fourth-order valence-electron chi connectivity index (χ4n) is 1.97. The largest absolute Gasteiger partial charge is 0.478 e. The number of hydrogen-bond donors (Lipinski definition) is 3. The number of carboxylic acid groups (broad SMARTS) is 1. The van der Waals surface area contributed by atoms with Crippen molar-refractivity contribution in [2.45, 2.75) is 13.3 Å². The molecule has 16 heavy (non-hydrogen) atoms. The molecule has 0 amide bonds. The van der Waals surface area contributed by atoms with E-state index in [0.717, 1.165) is 22.9 Å². The van der Waals surface area contributed by atoms with Crippen LogP contribution in [0.5, 0.6) is 0 Å². The molecule has 0 unspecified atom stereocenters. The molecule has 0 saturated carbocycles. The van der Waals surface area contributed by atoms with E-state index in [-0.39, 0.29) is 0 Å². The Morgan fingerprint density at radius 3 is 2.88 bits per heavy atom. The Morgan fingerprint density at radius 1 is 1.50 bits per heavy atom. The van der Waals surface area contributed by atoms with Gasteiger partial charge in [-0.25, -0.2) is 4.79 Å². The monoisotopic (exact) mass is 218 g/mol. The molecule has 4 nitrogen and oxygen atoms in total. The lowest BCUT2D eigenvalue weighted by Crippen LogP contribution is -2.02. The zero-order chi connectivity index (χ0) is 11.7. The van der Waals surface area contributed by atoms with Crippen LogP contribution >= 0.6 is 0 Å². The lowest BCUT2D eigenvalue weighted by atomic mass is 10.1. The van der Waals surface area contributed by atoms with Gasteiger partial charge in [0.2, 0.25) is 0 Å². The van der Waals surface area contributed by atoms with Crippen molar-refractivity contribution in [1.29, 1.82) is 0 Å². The molecule has 0 aliphatic carbocycles. The summed E-state index contributed by atoms with van der Waals surface area (Å²) in [5.74, 6) is -0.895. The highest BCUT2D eigenvalue weighted by Crippen LogP contribution is 2.23. The molecule has 2 rings (SSSR count). The average Bonchev–Trinajstić information content (AvgIpc) is 2.53. The summed E-state index contributed by atoms with van der Waals surface area (Å²) in [6.45, 7) is 2.34. The summed E-state index contributed by atoms with van der Waals surface area (Å²) >= 11 is 0. The Kier molecular flexibility index (Phi) is 2.66. The summed E-state index contributed by atoms with van der Waals surface area (Å²) in [7, 11) is 0. The molecule has 4 heteroatoms. The summed E-state index contributed by atoms with van der Waals surface area (Å²) in [6.07, 6.45) is 0.763. The first-order valence-electron chi connectivity index (χ1n) is 5.18. The van der Waals surface area contributed by atoms with Gasteiger partial charge in [0.25, 0.3) is 0 Å². The molecular formula is C12H14N2O2. The van der Waals surface area contributed by atoms with Crippen LogP contribution in [0.25, 0.3) is 10.9 Å². The molecule has 0 fully saturated rings. The van der Waals surface area contributed by atoms with Gasteiger partial charge in [0, 0.05) is 16.6 Å². The van der Waals surface area contributed by atoms with Gasteiger partial charge >= 0.3 is 5.97 Å². The molecule has 0 spiro atoms. The van der Waals surface area contributed by atoms with E-state index in [1.165, 1.54) is 0 Å². The third kappa shape index (κ3) is 1.67. The van der Waals surface area contributed by atoms with Gasteiger partial charge in [-0.05, 0) is 37.6 Å². The SMILES string of the molecule is Cc1[nH]c2ccc(CCN)cc2c1C(=O)O. The van der Waals surface area contributed by atoms with Gasteiger partial charge in [-0.1, -0.05) is 6.07 Å². The predicted molar refractivity (Wildman–Crippen MR) is 62.8 cm³/mol. The number of aryl methyl sites for hydroxylation is 1. The zero-order valence-electron chi connectivity index (χ0n) is 9.08. The molecule has 4 N–H and O–H groups in total. The molecule has 0 radical (unpaired) electrons. The van der Waals surface area contributed by atoms with Crippen molar-refractivity contribution >= 4 is 16.9 Å². The summed E-state index contributed by atoms with van der Waals surface area (Å²) in [6, 6.07) is 5.77. The first-order valence-corrected chi connectivity index (χ1v) is 5.18. The third-order valence-electron chi connectivity index (χ3n) is 2.70. The number of nitrogens with one attached hydrogen (secondary N) is 1. The van der Waals surface area contributed by atoms with E-state index in [9.17, 15) is 4.79 Å². The Labute approximate surface area is 93.1 Å². The molecule has 84 valence electrons. The normalized spacial score (nSPS) is 10.9. The van der Waals surface area contributed by atoms with Gasteiger partial charge in [0.15, 0.2) is 0 Å². The van der Waals surface area contributed by atoms with E-state index in [1.54, 1.807) is 6.92 Å². The highest BCUT2D eigenvalue weighted by Gasteiger charge is 2.14. The van der Waals surface area contributed by atoms with Crippen molar-refractivity contribution in [2.75, 3.05) is 6.54 Å². The lowest BCUT2D eigenvalue weighted by molar-refractivity contribution is 0.0698. The Balaban J connectivity index is 2.64. The van der Waals surface area contributed by atoms with Crippen LogP contribution in [0.4, 0.5) is 0 Å². The number of benzene rings is 1. The topological polar surface area (TPSA) is 79.1 Å². The van der Waals surface area contributed by atoms with Crippen LogP contribution in [0.1, 0.15) is 21.6 Å². The summed E-state index contributed by atoms with van der Waals surface area (Å²) < 4.78 is 0. The van der Waals surface area contributed by atoms with E-state index in [2.05, 4.69) is 4.98 Å². The van der Waals surface area contributed by atoms with Crippen LogP contribution in [0.2, 0.25) is 0 Å². The molecule has 1 aromatic heterocycles. The lowest BCUT2D eigenvalue weighted by Gasteiger charge is -1.99. The first-order chi connectivity index (χ1) is 7.63. The van der Waals surface area contributed by atoms with Crippen molar-refractivity contribution in [3.63, 3.8) is 0 Å². The van der Waals surface area contributed by atoms with Crippen LogP contribution in [-0.4, -0.2) is 22.6 Å². The fourth-order valence-corrected chi connectivity index (χ4v) is 1.97. The number of aromatic nitrogens is 1. The maximum atomic E-state index is 11.1. The van der Waals surface area contributed by atoms with Gasteiger partial charge in [-0.15, -0.1) is 0 Å². The Morgan fingerprint density at radius 2 is 2.25 bits per heavy atom. The quantitative estimate of drug-likeness (QED) is 0.733. The predicted octanol–water partition coefficient (Wildman–Crippen LogP) is 1.68. The highest BCUT2D eigenvalue weighted by atomic mass is 16.4. The summed E-state index contributed by atoms with van der Waals surface area (Å²) in [5.41, 5.74) is 8.45. The molecule has 1 aromatic carbocycles. The van der Waals surface area contributed by atoms with Crippen LogP contribution in [-0.2, 0) is 6.42 Å². The van der Waals surface area contributed by atoms with Crippen LogP contribution in [0, 0.1) is 6.92 Å². The van der Waals surface area contributed by atoms with Gasteiger partial charge < -0.3 is 15.8 Å². The number of fused-ring (bicyclic) bond motifs is 1. The highest BCUT2D eigenvalue weighted by molar-refractivity contribution is 6.04. The second kappa shape index (κ2) is 3.98. The third-order valence-corrected chi connectivity index (χ3v) is 2.70. The zero-order valence-corrected chi connectivity index (χ0v) is 9.08. The molecule has 0 bridgehead atoms. The standard InChI is InChI=1S/C12H14N2O2/c1-7-11(12(15)16)9-6-8(4-5-13)2-3-10(9)14-7/h2-3,6,14H,4-5,13H2,1H3,(H,15,16). The maximum absolute atomic E-state index is 11.1. The molecule has 0 atom stereocenters. The van der Waals surface area contributed by atoms with Crippen molar-refractivity contribution in [2.24, 2.45) is 5.73 Å². The first kappa shape index (κ1) is 10.7. The second-order valence-electron chi connectivity index (χ2n) is 3.85. The number of carboxylic acids is 1.